The molecule has 3 atom stereocenters. The Morgan fingerprint density at radius 3 is 2.17 bits per heavy atom. The number of carbonyl (C=O) groups excluding carboxylic acids is 1. The molecule has 2 aliphatic heterocycles. The number of carboxylic acid groups (broad SMARTS) is 1. The van der Waals surface area contributed by atoms with Crippen LogP contribution in [-0.2, 0) is 4.79 Å². The van der Waals surface area contributed by atoms with E-state index in [1.54, 1.807) is 31.4 Å². The second-order valence-corrected chi connectivity index (χ2v) is 8.82. The Labute approximate surface area is 202 Å². The van der Waals surface area contributed by atoms with Gasteiger partial charge in [0.2, 0.25) is 0 Å². The SMILES string of the molecule is COc1ccc(C(=O)Nc2ccc([N+]3(C4CCNC4)CCCC3C)cc2)cc1.O=C(O)C(F)(F)F. The lowest BCUT2D eigenvalue weighted by molar-refractivity contribution is -0.192. The van der Waals surface area contributed by atoms with Crippen molar-refractivity contribution in [3.8, 4) is 5.75 Å². The van der Waals surface area contributed by atoms with Crippen molar-refractivity contribution in [2.75, 3.05) is 32.1 Å². The topological polar surface area (TPSA) is 87.7 Å². The lowest BCUT2D eigenvalue weighted by Crippen LogP contribution is -2.59. The third kappa shape index (κ3) is 6.12. The normalized spacial score (nSPS) is 23.8. The van der Waals surface area contributed by atoms with Gasteiger partial charge in [-0.1, -0.05) is 0 Å². The van der Waals surface area contributed by atoms with Gasteiger partial charge in [0.05, 0.1) is 19.7 Å². The van der Waals surface area contributed by atoms with E-state index in [0.717, 1.165) is 29.0 Å². The van der Waals surface area contributed by atoms with E-state index in [9.17, 15) is 18.0 Å². The summed E-state index contributed by atoms with van der Waals surface area (Å²) in [6.07, 6.45) is -1.28. The zero-order valence-corrected chi connectivity index (χ0v) is 19.8. The predicted octanol–water partition coefficient (Wildman–Crippen LogP) is 4.43. The molecule has 190 valence electrons. The number of carbonyl (C=O) groups is 2. The zero-order chi connectivity index (χ0) is 25.6. The van der Waals surface area contributed by atoms with Crippen LogP contribution in [0, 0.1) is 0 Å². The number of hydrogen-bond acceptors (Lipinski definition) is 4. The van der Waals surface area contributed by atoms with Gasteiger partial charge in [-0.3, -0.25) is 9.28 Å². The van der Waals surface area contributed by atoms with Crippen LogP contribution in [0.5, 0.6) is 5.75 Å². The first-order valence-electron chi connectivity index (χ1n) is 11.5. The van der Waals surface area contributed by atoms with Crippen LogP contribution in [0.2, 0.25) is 0 Å². The number of quaternary nitrogens is 1. The van der Waals surface area contributed by atoms with E-state index >= 15 is 0 Å². The molecule has 35 heavy (non-hydrogen) atoms. The van der Waals surface area contributed by atoms with Crippen molar-refractivity contribution in [1.82, 2.24) is 9.80 Å². The number of nitrogens with zero attached hydrogens (tertiary/aromatic N) is 1. The average molecular weight is 495 g/mol. The van der Waals surface area contributed by atoms with Crippen molar-refractivity contribution in [3.63, 3.8) is 0 Å². The fraction of sp³-hybridized carbons (Fsp3) is 0.440. The number of anilines is 1. The molecule has 0 radical (unpaired) electrons. The van der Waals surface area contributed by atoms with E-state index in [1.807, 2.05) is 12.1 Å². The Bertz CT molecular complexity index is 1010. The van der Waals surface area contributed by atoms with Crippen molar-refractivity contribution in [2.45, 2.75) is 44.4 Å². The van der Waals surface area contributed by atoms with Gasteiger partial charge in [0.15, 0.2) is 0 Å². The van der Waals surface area contributed by atoms with Crippen LogP contribution in [0.1, 0.15) is 36.5 Å². The summed E-state index contributed by atoms with van der Waals surface area (Å²) in [5, 5.41) is 13.7. The number of ether oxygens (including phenoxy) is 1. The number of likely N-dealkylation sites (tertiary alicyclic amines) is 1. The molecule has 2 aromatic carbocycles. The van der Waals surface area contributed by atoms with Crippen molar-refractivity contribution in [1.29, 1.82) is 0 Å². The molecule has 2 saturated heterocycles. The molecular formula is C25H31F3N3O4+. The summed E-state index contributed by atoms with van der Waals surface area (Å²) in [6.45, 7) is 5.82. The van der Waals surface area contributed by atoms with Crippen molar-refractivity contribution in [3.05, 3.63) is 54.1 Å². The summed E-state index contributed by atoms with van der Waals surface area (Å²) in [6, 6.07) is 17.0. The minimum atomic E-state index is -5.08. The molecule has 10 heteroatoms. The van der Waals surface area contributed by atoms with Gasteiger partial charge < -0.3 is 20.5 Å². The average Bonchev–Trinajstić information content (AvgIpc) is 3.50. The molecule has 0 aliphatic carbocycles. The largest absolute Gasteiger partial charge is 0.497 e. The first-order valence-corrected chi connectivity index (χ1v) is 11.5. The zero-order valence-electron chi connectivity index (χ0n) is 19.8. The molecule has 0 saturated carbocycles. The minimum absolute atomic E-state index is 0.103. The Balaban J connectivity index is 0.000000429. The van der Waals surface area contributed by atoms with E-state index in [2.05, 4.69) is 29.7 Å². The maximum Gasteiger partial charge on any atom is 0.490 e. The number of halogens is 3. The summed E-state index contributed by atoms with van der Waals surface area (Å²) < 4.78 is 38.0. The Morgan fingerprint density at radius 2 is 1.71 bits per heavy atom. The lowest BCUT2D eigenvalue weighted by atomic mass is 10.1. The summed E-state index contributed by atoms with van der Waals surface area (Å²) in [4.78, 5) is 21.4. The second kappa shape index (κ2) is 11.1. The number of rotatable bonds is 5. The number of nitrogens with one attached hydrogen (secondary N) is 2. The lowest BCUT2D eigenvalue weighted by Gasteiger charge is -2.43. The van der Waals surface area contributed by atoms with E-state index < -0.39 is 12.1 Å². The molecule has 7 nitrogen and oxygen atoms in total. The standard InChI is InChI=1S/C23H29N3O2.C2HF3O2/c1-17-4-3-15-26(17,21-13-14-24-16-21)20-9-7-19(8-10-20)25-23(27)18-5-11-22(28-2)12-6-18;3-2(4,5)1(6)7/h5-12,17,21,24H,3-4,13-16H2,1-2H3;(H,6,7)/p+1. The molecule has 0 bridgehead atoms. The molecule has 2 heterocycles. The van der Waals surface area contributed by atoms with Gasteiger partial charge in [0.25, 0.3) is 5.91 Å². The Kier molecular flexibility index (Phi) is 8.39. The minimum Gasteiger partial charge on any atom is -0.497 e. The molecule has 4 rings (SSSR count). The Hall–Kier alpha value is -3.11. The smallest absolute Gasteiger partial charge is 0.490 e. The monoisotopic (exact) mass is 494 g/mol. The Morgan fingerprint density at radius 1 is 1.09 bits per heavy atom. The van der Waals surface area contributed by atoms with Crippen LogP contribution in [0.3, 0.4) is 0 Å². The fourth-order valence-electron chi connectivity index (χ4n) is 5.04. The quantitative estimate of drug-likeness (QED) is 0.536. The van der Waals surface area contributed by atoms with Crippen LogP contribution < -0.4 is 19.9 Å². The van der Waals surface area contributed by atoms with Gasteiger partial charge in [0, 0.05) is 55.7 Å². The van der Waals surface area contributed by atoms with Crippen LogP contribution in [-0.4, -0.2) is 62.0 Å². The van der Waals surface area contributed by atoms with Crippen molar-refractivity contribution >= 4 is 23.3 Å². The number of methoxy groups -OCH3 is 1. The number of carboxylic acids is 1. The second-order valence-electron chi connectivity index (χ2n) is 8.82. The predicted molar refractivity (Wildman–Crippen MR) is 128 cm³/mol. The van der Waals surface area contributed by atoms with E-state index in [-0.39, 0.29) is 5.91 Å². The van der Waals surface area contributed by atoms with Crippen LogP contribution in [0.15, 0.2) is 48.5 Å². The van der Waals surface area contributed by atoms with Crippen molar-refractivity contribution < 1.29 is 32.6 Å². The molecule has 2 aromatic rings. The molecule has 0 aromatic heterocycles. The molecule has 0 spiro atoms. The molecule has 1 amide bonds. The fourth-order valence-corrected chi connectivity index (χ4v) is 5.04. The number of aliphatic carboxylic acids is 1. The maximum atomic E-state index is 12.5. The highest BCUT2D eigenvalue weighted by molar-refractivity contribution is 6.04. The van der Waals surface area contributed by atoms with Gasteiger partial charge >= 0.3 is 12.1 Å². The number of benzene rings is 2. The van der Waals surface area contributed by atoms with Gasteiger partial charge in [-0.2, -0.15) is 13.2 Å². The van der Waals surface area contributed by atoms with E-state index in [0.29, 0.717) is 17.6 Å². The van der Waals surface area contributed by atoms with Crippen LogP contribution in [0.25, 0.3) is 0 Å². The highest BCUT2D eigenvalue weighted by Crippen LogP contribution is 2.39. The summed E-state index contributed by atoms with van der Waals surface area (Å²) in [7, 11) is 1.62. The molecule has 2 fully saturated rings. The number of alkyl halides is 3. The van der Waals surface area contributed by atoms with Gasteiger partial charge in [-0.05, 0) is 43.3 Å². The molecule has 3 N–H and O–H groups in total. The summed E-state index contributed by atoms with van der Waals surface area (Å²) >= 11 is 0. The van der Waals surface area contributed by atoms with Gasteiger partial charge in [0.1, 0.15) is 17.5 Å². The van der Waals surface area contributed by atoms with Crippen LogP contribution in [0.4, 0.5) is 24.5 Å². The summed E-state index contributed by atoms with van der Waals surface area (Å²) in [5.74, 6) is -2.11. The van der Waals surface area contributed by atoms with Gasteiger partial charge in [-0.15, -0.1) is 0 Å². The first-order chi connectivity index (χ1) is 16.6. The highest BCUT2D eigenvalue weighted by Gasteiger charge is 2.47. The third-order valence-corrected chi connectivity index (χ3v) is 6.82. The number of hydrogen-bond donors (Lipinski definition) is 3. The van der Waals surface area contributed by atoms with E-state index in [4.69, 9.17) is 14.6 Å². The molecule has 2 aliphatic rings. The maximum absolute atomic E-state index is 12.5. The number of amides is 1. The molecular weight excluding hydrogens is 463 g/mol. The summed E-state index contributed by atoms with van der Waals surface area (Å²) in [5.41, 5.74) is 2.83. The first kappa shape index (κ1) is 26.5. The molecule has 3 unspecified atom stereocenters. The van der Waals surface area contributed by atoms with Crippen LogP contribution >= 0.6 is 0 Å². The highest BCUT2D eigenvalue weighted by atomic mass is 19.4. The van der Waals surface area contributed by atoms with E-state index in [1.165, 1.54) is 31.5 Å². The van der Waals surface area contributed by atoms with Crippen molar-refractivity contribution in [2.24, 2.45) is 0 Å². The van der Waals surface area contributed by atoms with Gasteiger partial charge in [-0.25, -0.2) is 4.79 Å². The third-order valence-electron chi connectivity index (χ3n) is 6.82.